The van der Waals surface area contributed by atoms with Crippen molar-refractivity contribution in [1.82, 2.24) is 9.80 Å². The minimum Gasteiger partial charge on any atom is -0.399 e. The van der Waals surface area contributed by atoms with Crippen molar-refractivity contribution in [3.8, 4) is 0 Å². The smallest absolute Gasteiger partial charge is 0.253 e. The predicted octanol–water partition coefficient (Wildman–Crippen LogP) is 1.89. The molecule has 3 rings (SSSR count). The molecule has 2 aliphatic heterocycles. The second-order valence-electron chi connectivity index (χ2n) is 6.01. The summed E-state index contributed by atoms with van der Waals surface area (Å²) in [6, 6.07) is 6.16. The number of carbonyl (C=O) groups is 1. The van der Waals surface area contributed by atoms with Crippen LogP contribution in [0, 0.1) is 6.92 Å². The Bertz CT molecular complexity index is 514. The van der Waals surface area contributed by atoms with Crippen molar-refractivity contribution < 1.29 is 4.79 Å². The maximum Gasteiger partial charge on any atom is 0.253 e. The third kappa shape index (κ3) is 2.52. The molecule has 1 amide bonds. The van der Waals surface area contributed by atoms with E-state index in [-0.39, 0.29) is 5.91 Å². The molecule has 1 aromatic rings. The van der Waals surface area contributed by atoms with Crippen LogP contribution >= 0.6 is 0 Å². The molecule has 2 heterocycles. The molecule has 1 unspecified atom stereocenters. The average Bonchev–Trinajstić information content (AvgIpc) is 2.78. The standard InChI is InChI=1S/C16H23N3O/c1-12-10-13(5-6-15(12)17)16(20)19-9-3-8-18-7-2-4-14(18)11-19/h5-6,10,14H,2-4,7-9,11,17H2,1H3. The van der Waals surface area contributed by atoms with Crippen LogP contribution in [0.4, 0.5) is 5.69 Å². The number of amides is 1. The summed E-state index contributed by atoms with van der Waals surface area (Å²) < 4.78 is 0. The fraction of sp³-hybridized carbons (Fsp3) is 0.562. The fourth-order valence-corrected chi connectivity index (χ4v) is 3.38. The summed E-state index contributed by atoms with van der Waals surface area (Å²) >= 11 is 0. The molecule has 20 heavy (non-hydrogen) atoms. The first-order valence-corrected chi connectivity index (χ1v) is 7.54. The van der Waals surface area contributed by atoms with Gasteiger partial charge >= 0.3 is 0 Å². The van der Waals surface area contributed by atoms with Gasteiger partial charge in [0.05, 0.1) is 0 Å². The number of hydrogen-bond donors (Lipinski definition) is 1. The van der Waals surface area contributed by atoms with Crippen molar-refractivity contribution in [2.75, 3.05) is 31.9 Å². The second kappa shape index (κ2) is 5.44. The van der Waals surface area contributed by atoms with Crippen molar-refractivity contribution in [2.24, 2.45) is 0 Å². The lowest BCUT2D eigenvalue weighted by molar-refractivity contribution is 0.0743. The SMILES string of the molecule is Cc1cc(C(=O)N2CCCN3CCCC3C2)ccc1N. The highest BCUT2D eigenvalue weighted by Gasteiger charge is 2.30. The van der Waals surface area contributed by atoms with Crippen LogP contribution in [0.2, 0.25) is 0 Å². The Kier molecular flexibility index (Phi) is 3.66. The van der Waals surface area contributed by atoms with E-state index in [9.17, 15) is 4.79 Å². The minimum absolute atomic E-state index is 0.154. The van der Waals surface area contributed by atoms with Crippen molar-refractivity contribution in [3.05, 3.63) is 29.3 Å². The molecule has 4 nitrogen and oxygen atoms in total. The molecule has 2 N–H and O–H groups in total. The van der Waals surface area contributed by atoms with Crippen LogP contribution in [0.15, 0.2) is 18.2 Å². The van der Waals surface area contributed by atoms with Crippen molar-refractivity contribution in [1.29, 1.82) is 0 Å². The van der Waals surface area contributed by atoms with E-state index in [1.807, 2.05) is 30.0 Å². The molecule has 4 heteroatoms. The first-order chi connectivity index (χ1) is 9.65. The van der Waals surface area contributed by atoms with Crippen LogP contribution in [-0.2, 0) is 0 Å². The monoisotopic (exact) mass is 273 g/mol. The predicted molar refractivity (Wildman–Crippen MR) is 80.7 cm³/mol. The highest BCUT2D eigenvalue weighted by atomic mass is 16.2. The van der Waals surface area contributed by atoms with Gasteiger partial charge in [-0.25, -0.2) is 0 Å². The highest BCUT2D eigenvalue weighted by Crippen LogP contribution is 2.23. The van der Waals surface area contributed by atoms with E-state index in [4.69, 9.17) is 5.73 Å². The molecule has 2 aliphatic rings. The molecule has 0 radical (unpaired) electrons. The lowest BCUT2D eigenvalue weighted by atomic mass is 10.1. The number of nitrogens with two attached hydrogens (primary N) is 1. The van der Waals surface area contributed by atoms with E-state index < -0.39 is 0 Å². The van der Waals surface area contributed by atoms with Gasteiger partial charge in [0.25, 0.3) is 5.91 Å². The summed E-state index contributed by atoms with van der Waals surface area (Å²) in [5.41, 5.74) is 8.33. The Labute approximate surface area is 120 Å². The van der Waals surface area contributed by atoms with E-state index in [1.165, 1.54) is 19.4 Å². The van der Waals surface area contributed by atoms with E-state index in [0.717, 1.165) is 42.9 Å². The van der Waals surface area contributed by atoms with E-state index in [2.05, 4.69) is 4.90 Å². The molecule has 1 aromatic carbocycles. The number of rotatable bonds is 1. The third-order valence-electron chi connectivity index (χ3n) is 4.61. The van der Waals surface area contributed by atoms with Crippen LogP contribution in [0.5, 0.6) is 0 Å². The summed E-state index contributed by atoms with van der Waals surface area (Å²) in [5, 5.41) is 0. The molecule has 0 aliphatic carbocycles. The van der Waals surface area contributed by atoms with Crippen molar-refractivity contribution in [3.63, 3.8) is 0 Å². The van der Waals surface area contributed by atoms with E-state index >= 15 is 0 Å². The molecule has 0 spiro atoms. The number of nitrogen functional groups attached to an aromatic ring is 1. The number of fused-ring (bicyclic) bond motifs is 1. The highest BCUT2D eigenvalue weighted by molar-refractivity contribution is 5.95. The second-order valence-corrected chi connectivity index (χ2v) is 6.01. The molecule has 2 fully saturated rings. The lowest BCUT2D eigenvalue weighted by Gasteiger charge is -2.26. The fourth-order valence-electron chi connectivity index (χ4n) is 3.38. The van der Waals surface area contributed by atoms with Gasteiger partial charge in [0.2, 0.25) is 0 Å². The summed E-state index contributed by atoms with van der Waals surface area (Å²) in [7, 11) is 0. The number of aryl methyl sites for hydroxylation is 1. The van der Waals surface area contributed by atoms with Gasteiger partial charge in [0, 0.05) is 36.9 Å². The van der Waals surface area contributed by atoms with Gasteiger partial charge in [0.1, 0.15) is 0 Å². The Hall–Kier alpha value is -1.55. The lowest BCUT2D eigenvalue weighted by Crippen LogP contribution is -2.39. The quantitative estimate of drug-likeness (QED) is 0.795. The molecule has 108 valence electrons. The molecule has 1 atom stereocenters. The number of carbonyl (C=O) groups excluding carboxylic acids is 1. The Balaban J connectivity index is 1.77. The van der Waals surface area contributed by atoms with Crippen LogP contribution in [0.25, 0.3) is 0 Å². The van der Waals surface area contributed by atoms with Crippen LogP contribution in [-0.4, -0.2) is 47.9 Å². The number of benzene rings is 1. The summed E-state index contributed by atoms with van der Waals surface area (Å²) in [4.78, 5) is 17.2. The maximum absolute atomic E-state index is 12.7. The van der Waals surface area contributed by atoms with Gasteiger partial charge in [0.15, 0.2) is 0 Å². The number of anilines is 1. The molecule has 0 aromatic heterocycles. The van der Waals surface area contributed by atoms with Gasteiger partial charge < -0.3 is 10.6 Å². The molecule has 2 saturated heterocycles. The number of nitrogens with zero attached hydrogens (tertiary/aromatic N) is 2. The minimum atomic E-state index is 0.154. The van der Waals surface area contributed by atoms with Crippen molar-refractivity contribution >= 4 is 11.6 Å². The summed E-state index contributed by atoms with van der Waals surface area (Å²) in [5.74, 6) is 0.154. The maximum atomic E-state index is 12.7. The average molecular weight is 273 g/mol. The van der Waals surface area contributed by atoms with Gasteiger partial charge in [-0.3, -0.25) is 9.69 Å². The molecular weight excluding hydrogens is 250 g/mol. The van der Waals surface area contributed by atoms with Crippen LogP contribution < -0.4 is 5.73 Å². The Morgan fingerprint density at radius 3 is 2.85 bits per heavy atom. The van der Waals surface area contributed by atoms with Crippen LogP contribution in [0.1, 0.15) is 35.2 Å². The first kappa shape index (κ1) is 13.4. The topological polar surface area (TPSA) is 49.6 Å². The Morgan fingerprint density at radius 1 is 1.25 bits per heavy atom. The number of hydrogen-bond acceptors (Lipinski definition) is 3. The zero-order valence-electron chi connectivity index (χ0n) is 12.1. The zero-order valence-corrected chi connectivity index (χ0v) is 12.1. The third-order valence-corrected chi connectivity index (χ3v) is 4.61. The van der Waals surface area contributed by atoms with E-state index in [0.29, 0.717) is 6.04 Å². The van der Waals surface area contributed by atoms with Crippen LogP contribution in [0.3, 0.4) is 0 Å². The molecular formula is C16H23N3O. The summed E-state index contributed by atoms with van der Waals surface area (Å²) in [6.07, 6.45) is 3.58. The van der Waals surface area contributed by atoms with E-state index in [1.54, 1.807) is 0 Å². The van der Waals surface area contributed by atoms with Gasteiger partial charge in [-0.15, -0.1) is 0 Å². The molecule has 0 bridgehead atoms. The van der Waals surface area contributed by atoms with Gasteiger partial charge in [-0.1, -0.05) is 0 Å². The normalized spacial score (nSPS) is 23.4. The zero-order chi connectivity index (χ0) is 14.1. The van der Waals surface area contributed by atoms with Crippen molar-refractivity contribution in [2.45, 2.75) is 32.2 Å². The van der Waals surface area contributed by atoms with Gasteiger partial charge in [-0.05, 0) is 56.5 Å². The molecule has 0 saturated carbocycles. The summed E-state index contributed by atoms with van der Waals surface area (Å²) in [6.45, 7) is 6.04. The van der Waals surface area contributed by atoms with Gasteiger partial charge in [-0.2, -0.15) is 0 Å². The Morgan fingerprint density at radius 2 is 2.05 bits per heavy atom. The largest absolute Gasteiger partial charge is 0.399 e. The first-order valence-electron chi connectivity index (χ1n) is 7.54.